The molecule has 0 unspecified atom stereocenters. The molecule has 0 amide bonds. The van der Waals surface area contributed by atoms with Gasteiger partial charge in [-0.05, 0) is 26.0 Å². The van der Waals surface area contributed by atoms with Crippen molar-refractivity contribution in [3.63, 3.8) is 0 Å². The Morgan fingerprint density at radius 2 is 2.00 bits per heavy atom. The molecule has 0 aromatic carbocycles. The molecule has 6 nitrogen and oxygen atoms in total. The highest BCUT2D eigenvalue weighted by atomic mass is 32.1. The fourth-order valence-corrected chi connectivity index (χ4v) is 3.38. The predicted molar refractivity (Wildman–Crippen MR) is 79.4 cm³/mol. The molecule has 0 saturated carbocycles. The zero-order valence-electron chi connectivity index (χ0n) is 11.2. The number of aryl methyl sites for hydroxylation is 2. The molecule has 0 aliphatic heterocycles. The van der Waals surface area contributed by atoms with Gasteiger partial charge in [-0.15, -0.1) is 11.3 Å². The number of rotatable bonds is 5. The van der Waals surface area contributed by atoms with Crippen molar-refractivity contribution in [3.05, 3.63) is 48.5 Å². The molecule has 0 aliphatic rings. The Morgan fingerprint density at radius 3 is 2.52 bits per heavy atom. The van der Waals surface area contributed by atoms with E-state index < -0.39 is 10.9 Å². The summed E-state index contributed by atoms with van der Waals surface area (Å²) in [6.07, 6.45) is 0. The van der Waals surface area contributed by atoms with E-state index in [1.54, 1.807) is 6.07 Å². The fraction of sp³-hybridized carbons (Fsp3) is 0.231. The molecule has 2 heterocycles. The molecule has 0 bridgehead atoms. The third-order valence-corrected chi connectivity index (χ3v) is 4.63. The molecule has 2 rings (SSSR count). The van der Waals surface area contributed by atoms with Gasteiger partial charge in [0.05, 0.1) is 4.92 Å². The lowest BCUT2D eigenvalue weighted by Crippen LogP contribution is -2.13. The Balaban J connectivity index is 1.99. The van der Waals surface area contributed by atoms with Gasteiger partial charge in [-0.2, -0.15) is 0 Å². The first-order valence-corrected chi connectivity index (χ1v) is 7.53. The molecule has 0 aliphatic carbocycles. The molecule has 2 aromatic rings. The van der Waals surface area contributed by atoms with Crippen molar-refractivity contribution in [1.29, 1.82) is 0 Å². The van der Waals surface area contributed by atoms with Gasteiger partial charge in [0.2, 0.25) is 5.78 Å². The van der Waals surface area contributed by atoms with Crippen molar-refractivity contribution in [2.24, 2.45) is 0 Å². The molecule has 2 aromatic heterocycles. The average molecular weight is 325 g/mol. The lowest BCUT2D eigenvalue weighted by atomic mass is 10.2. The SMILES string of the molecule is Cc1cc(C(=O)COC(=O)c2ccc([N+](=O)[O-])s2)c(C)s1. The summed E-state index contributed by atoms with van der Waals surface area (Å²) in [5, 5.41) is 10.4. The van der Waals surface area contributed by atoms with Gasteiger partial charge in [-0.3, -0.25) is 14.9 Å². The van der Waals surface area contributed by atoms with E-state index in [1.165, 1.54) is 23.5 Å². The van der Waals surface area contributed by atoms with Gasteiger partial charge in [0.1, 0.15) is 4.88 Å². The normalized spacial score (nSPS) is 10.4. The number of Topliss-reactive ketones (excluding diaryl/α,β-unsaturated/α-hetero) is 1. The van der Waals surface area contributed by atoms with E-state index >= 15 is 0 Å². The maximum Gasteiger partial charge on any atom is 0.349 e. The van der Waals surface area contributed by atoms with Crippen molar-refractivity contribution in [3.8, 4) is 0 Å². The Kier molecular flexibility index (Phi) is 4.49. The topological polar surface area (TPSA) is 86.5 Å². The predicted octanol–water partition coefficient (Wildman–Crippen LogP) is 3.37. The lowest BCUT2D eigenvalue weighted by molar-refractivity contribution is -0.380. The van der Waals surface area contributed by atoms with Crippen LogP contribution in [0, 0.1) is 24.0 Å². The van der Waals surface area contributed by atoms with Crippen molar-refractivity contribution in [2.75, 3.05) is 6.61 Å². The molecular weight excluding hydrogens is 314 g/mol. The zero-order chi connectivity index (χ0) is 15.6. The number of carbonyl (C=O) groups is 2. The van der Waals surface area contributed by atoms with Crippen LogP contribution in [0.25, 0.3) is 0 Å². The number of ketones is 1. The highest BCUT2D eigenvalue weighted by Crippen LogP contribution is 2.25. The summed E-state index contributed by atoms with van der Waals surface area (Å²) in [6.45, 7) is 3.35. The van der Waals surface area contributed by atoms with E-state index in [9.17, 15) is 19.7 Å². The van der Waals surface area contributed by atoms with E-state index in [0.717, 1.165) is 21.1 Å². The van der Waals surface area contributed by atoms with Crippen LogP contribution in [0.4, 0.5) is 5.00 Å². The van der Waals surface area contributed by atoms with E-state index in [-0.39, 0.29) is 22.3 Å². The summed E-state index contributed by atoms with van der Waals surface area (Å²) < 4.78 is 4.91. The van der Waals surface area contributed by atoms with E-state index in [4.69, 9.17) is 4.74 Å². The van der Waals surface area contributed by atoms with Gasteiger partial charge in [0.15, 0.2) is 6.61 Å². The quantitative estimate of drug-likeness (QED) is 0.364. The number of ether oxygens (including phenoxy) is 1. The maximum atomic E-state index is 12.0. The molecule has 0 N–H and O–H groups in total. The Morgan fingerprint density at radius 1 is 1.29 bits per heavy atom. The molecule has 110 valence electrons. The average Bonchev–Trinajstić information content (AvgIpc) is 3.02. The first-order valence-electron chi connectivity index (χ1n) is 5.90. The third kappa shape index (κ3) is 3.53. The maximum absolute atomic E-state index is 12.0. The van der Waals surface area contributed by atoms with Crippen molar-refractivity contribution in [1.82, 2.24) is 0 Å². The van der Waals surface area contributed by atoms with Crippen LogP contribution >= 0.6 is 22.7 Å². The second-order valence-electron chi connectivity index (χ2n) is 4.22. The van der Waals surface area contributed by atoms with Crippen LogP contribution in [0.5, 0.6) is 0 Å². The molecule has 8 heteroatoms. The standard InChI is InChI=1S/C13H11NO5S2/c1-7-5-9(8(2)20-7)10(15)6-19-13(16)11-3-4-12(21-11)14(17)18/h3-5H,6H2,1-2H3. The summed E-state index contributed by atoms with van der Waals surface area (Å²) in [4.78, 5) is 35.6. The first-order chi connectivity index (χ1) is 9.88. The minimum absolute atomic E-state index is 0.104. The van der Waals surface area contributed by atoms with E-state index in [1.807, 2.05) is 13.8 Å². The molecule has 21 heavy (non-hydrogen) atoms. The lowest BCUT2D eigenvalue weighted by Gasteiger charge is -2.02. The number of nitro groups is 1. The number of thiophene rings is 2. The van der Waals surface area contributed by atoms with Crippen molar-refractivity contribution in [2.45, 2.75) is 13.8 Å². The summed E-state index contributed by atoms with van der Waals surface area (Å²) >= 11 is 2.22. The monoisotopic (exact) mass is 325 g/mol. The number of carbonyl (C=O) groups excluding carboxylic acids is 2. The van der Waals surface area contributed by atoms with Gasteiger partial charge >= 0.3 is 11.0 Å². The van der Waals surface area contributed by atoms with Crippen molar-refractivity contribution >= 4 is 39.4 Å². The summed E-state index contributed by atoms with van der Waals surface area (Å²) in [6, 6.07) is 4.30. The van der Waals surface area contributed by atoms with Crippen LogP contribution in [-0.4, -0.2) is 23.3 Å². The molecule has 0 saturated heterocycles. The minimum Gasteiger partial charge on any atom is -0.453 e. The Labute approximate surface area is 128 Å². The summed E-state index contributed by atoms with van der Waals surface area (Å²) in [7, 11) is 0. The number of nitrogens with zero attached hydrogens (tertiary/aromatic N) is 1. The van der Waals surface area contributed by atoms with Gasteiger partial charge in [-0.1, -0.05) is 11.3 Å². The molecule has 0 radical (unpaired) electrons. The number of esters is 1. The van der Waals surface area contributed by atoms with Crippen molar-refractivity contribution < 1.29 is 19.2 Å². The number of hydrogen-bond acceptors (Lipinski definition) is 7. The van der Waals surface area contributed by atoms with Crippen LogP contribution in [0.15, 0.2) is 18.2 Å². The van der Waals surface area contributed by atoms with Crippen LogP contribution in [-0.2, 0) is 4.74 Å². The number of hydrogen-bond donors (Lipinski definition) is 0. The molecular formula is C13H11NO5S2. The Bertz CT molecular complexity index is 716. The fourth-order valence-electron chi connectivity index (χ4n) is 1.72. The van der Waals surface area contributed by atoms with Crippen LogP contribution in [0.3, 0.4) is 0 Å². The van der Waals surface area contributed by atoms with E-state index in [0.29, 0.717) is 5.56 Å². The molecule has 0 spiro atoms. The first kappa shape index (κ1) is 15.3. The van der Waals surface area contributed by atoms with Gasteiger partial charge < -0.3 is 4.74 Å². The molecule has 0 fully saturated rings. The summed E-state index contributed by atoms with van der Waals surface area (Å²) in [5.74, 6) is -1.01. The Hall–Kier alpha value is -2.06. The van der Waals surface area contributed by atoms with E-state index in [2.05, 4.69) is 0 Å². The van der Waals surface area contributed by atoms with Crippen LogP contribution in [0.1, 0.15) is 29.8 Å². The third-order valence-electron chi connectivity index (χ3n) is 2.65. The zero-order valence-corrected chi connectivity index (χ0v) is 12.9. The summed E-state index contributed by atoms with van der Waals surface area (Å²) in [5.41, 5.74) is 0.544. The minimum atomic E-state index is -0.731. The van der Waals surface area contributed by atoms with Gasteiger partial charge in [0.25, 0.3) is 0 Å². The van der Waals surface area contributed by atoms with Crippen LogP contribution in [0.2, 0.25) is 0 Å². The highest BCUT2D eigenvalue weighted by molar-refractivity contribution is 7.17. The molecule has 0 atom stereocenters. The highest BCUT2D eigenvalue weighted by Gasteiger charge is 2.19. The van der Waals surface area contributed by atoms with Gasteiger partial charge in [0, 0.05) is 21.4 Å². The van der Waals surface area contributed by atoms with Crippen LogP contribution < -0.4 is 0 Å². The largest absolute Gasteiger partial charge is 0.453 e. The van der Waals surface area contributed by atoms with Gasteiger partial charge in [-0.25, -0.2) is 4.79 Å². The second-order valence-corrected chi connectivity index (χ2v) is 6.74. The smallest absolute Gasteiger partial charge is 0.349 e. The second kappa shape index (κ2) is 6.15.